The molecule has 0 aliphatic heterocycles. The Hall–Kier alpha value is -1.29. The van der Waals surface area contributed by atoms with Crippen molar-refractivity contribution in [1.29, 1.82) is 0 Å². The minimum absolute atomic E-state index is 0.0245. The van der Waals surface area contributed by atoms with Gasteiger partial charge < -0.3 is 14.8 Å². The topological polar surface area (TPSA) is 62.5 Å². The second-order valence-corrected chi connectivity index (χ2v) is 4.74. The summed E-state index contributed by atoms with van der Waals surface area (Å²) in [5, 5.41) is 12.0. The molecule has 0 saturated heterocycles. The van der Waals surface area contributed by atoms with E-state index in [4.69, 9.17) is 9.52 Å². The van der Waals surface area contributed by atoms with E-state index < -0.39 is 5.97 Å². The summed E-state index contributed by atoms with van der Waals surface area (Å²) in [6.07, 6.45) is 1.40. The van der Waals surface area contributed by atoms with Crippen LogP contribution >= 0.6 is 0 Å². The lowest BCUT2D eigenvalue weighted by molar-refractivity contribution is 0.0660. The average Bonchev–Trinajstić information content (AvgIpc) is 2.49. The quantitative estimate of drug-likeness (QED) is 0.800. The van der Waals surface area contributed by atoms with Crippen LogP contribution in [0.15, 0.2) is 16.7 Å². The molecule has 0 atom stereocenters. The van der Waals surface area contributed by atoms with E-state index in [1.165, 1.54) is 6.26 Å². The van der Waals surface area contributed by atoms with Gasteiger partial charge in [-0.3, -0.25) is 0 Å². The molecule has 15 heavy (non-hydrogen) atoms. The lowest BCUT2D eigenvalue weighted by Crippen LogP contribution is -2.26. The van der Waals surface area contributed by atoms with Crippen LogP contribution in [0.25, 0.3) is 0 Å². The fourth-order valence-electron chi connectivity index (χ4n) is 1.23. The Morgan fingerprint density at radius 3 is 2.73 bits per heavy atom. The average molecular weight is 211 g/mol. The zero-order valence-corrected chi connectivity index (χ0v) is 9.33. The standard InChI is InChI=1S/C11H17NO3/c1-11(2,3)7-12-6-8-4-5-15-9(8)10(13)14/h4-5,12H,6-7H2,1-3H3,(H,13,14). The van der Waals surface area contributed by atoms with E-state index in [1.54, 1.807) is 6.07 Å². The molecule has 0 saturated carbocycles. The molecule has 0 spiro atoms. The Morgan fingerprint density at radius 2 is 2.20 bits per heavy atom. The summed E-state index contributed by atoms with van der Waals surface area (Å²) in [4.78, 5) is 10.7. The van der Waals surface area contributed by atoms with E-state index in [0.29, 0.717) is 12.1 Å². The van der Waals surface area contributed by atoms with Crippen LogP contribution in [0, 0.1) is 5.41 Å². The molecule has 0 unspecified atom stereocenters. The minimum atomic E-state index is -1.02. The van der Waals surface area contributed by atoms with E-state index in [9.17, 15) is 4.79 Å². The van der Waals surface area contributed by atoms with Gasteiger partial charge >= 0.3 is 5.97 Å². The van der Waals surface area contributed by atoms with Crippen LogP contribution in [0.3, 0.4) is 0 Å². The zero-order valence-electron chi connectivity index (χ0n) is 9.33. The van der Waals surface area contributed by atoms with E-state index in [-0.39, 0.29) is 11.2 Å². The first-order chi connectivity index (χ1) is 6.90. The third-order valence-electron chi connectivity index (χ3n) is 1.91. The predicted octanol–water partition coefficient (Wildman–Crippen LogP) is 2.11. The molecule has 0 amide bonds. The van der Waals surface area contributed by atoms with Gasteiger partial charge in [0.1, 0.15) is 0 Å². The highest BCUT2D eigenvalue weighted by molar-refractivity contribution is 5.86. The fraction of sp³-hybridized carbons (Fsp3) is 0.545. The summed E-state index contributed by atoms with van der Waals surface area (Å²) in [7, 11) is 0. The number of carboxylic acid groups (broad SMARTS) is 1. The third kappa shape index (κ3) is 3.75. The van der Waals surface area contributed by atoms with Crippen LogP contribution in [0.2, 0.25) is 0 Å². The number of furan rings is 1. The van der Waals surface area contributed by atoms with E-state index in [2.05, 4.69) is 26.1 Å². The van der Waals surface area contributed by atoms with Gasteiger partial charge in [-0.1, -0.05) is 20.8 Å². The molecule has 0 bridgehead atoms. The van der Waals surface area contributed by atoms with Crippen molar-refractivity contribution < 1.29 is 14.3 Å². The monoisotopic (exact) mass is 211 g/mol. The van der Waals surface area contributed by atoms with Crippen molar-refractivity contribution in [2.45, 2.75) is 27.3 Å². The Kier molecular flexibility index (Phi) is 3.52. The molecule has 1 aromatic rings. The highest BCUT2D eigenvalue weighted by Crippen LogP contribution is 2.13. The molecule has 1 rings (SSSR count). The first-order valence-electron chi connectivity index (χ1n) is 4.90. The summed E-state index contributed by atoms with van der Waals surface area (Å²) >= 11 is 0. The maximum atomic E-state index is 10.7. The molecule has 0 aromatic carbocycles. The minimum Gasteiger partial charge on any atom is -0.475 e. The SMILES string of the molecule is CC(C)(C)CNCc1ccoc1C(=O)O. The van der Waals surface area contributed by atoms with Crippen LogP contribution in [0.1, 0.15) is 36.9 Å². The molecule has 0 aliphatic rings. The second kappa shape index (κ2) is 4.49. The predicted molar refractivity (Wildman–Crippen MR) is 56.8 cm³/mol. The molecule has 4 nitrogen and oxygen atoms in total. The number of carbonyl (C=O) groups is 1. The molecular weight excluding hydrogens is 194 g/mol. The Morgan fingerprint density at radius 1 is 1.53 bits per heavy atom. The van der Waals surface area contributed by atoms with Gasteiger partial charge in [0, 0.05) is 18.7 Å². The van der Waals surface area contributed by atoms with Gasteiger partial charge in [0.2, 0.25) is 5.76 Å². The summed E-state index contributed by atoms with van der Waals surface area (Å²) in [5.41, 5.74) is 0.874. The van der Waals surface area contributed by atoms with Crippen LogP contribution < -0.4 is 5.32 Å². The highest BCUT2D eigenvalue weighted by atomic mass is 16.4. The molecular formula is C11H17NO3. The first-order valence-corrected chi connectivity index (χ1v) is 4.90. The van der Waals surface area contributed by atoms with Crippen LogP contribution in [0.4, 0.5) is 0 Å². The zero-order chi connectivity index (χ0) is 11.5. The lowest BCUT2D eigenvalue weighted by atomic mass is 9.97. The fourth-order valence-corrected chi connectivity index (χ4v) is 1.23. The Balaban J connectivity index is 2.51. The molecule has 0 aliphatic carbocycles. The highest BCUT2D eigenvalue weighted by Gasteiger charge is 2.14. The van der Waals surface area contributed by atoms with Gasteiger partial charge in [0.25, 0.3) is 0 Å². The second-order valence-electron chi connectivity index (χ2n) is 4.74. The van der Waals surface area contributed by atoms with Crippen molar-refractivity contribution >= 4 is 5.97 Å². The van der Waals surface area contributed by atoms with E-state index >= 15 is 0 Å². The van der Waals surface area contributed by atoms with Gasteiger partial charge in [-0.2, -0.15) is 0 Å². The molecule has 1 aromatic heterocycles. The number of aromatic carboxylic acids is 1. The molecule has 0 radical (unpaired) electrons. The normalized spacial score (nSPS) is 11.7. The van der Waals surface area contributed by atoms with Crippen LogP contribution in [-0.4, -0.2) is 17.6 Å². The van der Waals surface area contributed by atoms with Gasteiger partial charge in [-0.15, -0.1) is 0 Å². The third-order valence-corrected chi connectivity index (χ3v) is 1.91. The van der Waals surface area contributed by atoms with Crippen molar-refractivity contribution in [1.82, 2.24) is 5.32 Å². The number of carboxylic acids is 1. The molecule has 2 N–H and O–H groups in total. The van der Waals surface area contributed by atoms with Gasteiger partial charge in [0.05, 0.1) is 6.26 Å². The molecule has 1 heterocycles. The summed E-state index contributed by atoms with van der Waals surface area (Å²) < 4.78 is 4.87. The van der Waals surface area contributed by atoms with E-state index in [1.807, 2.05) is 0 Å². The summed E-state index contributed by atoms with van der Waals surface area (Å²) in [5.74, 6) is -0.996. The van der Waals surface area contributed by atoms with E-state index in [0.717, 1.165) is 6.54 Å². The van der Waals surface area contributed by atoms with Crippen molar-refractivity contribution in [2.75, 3.05) is 6.54 Å². The van der Waals surface area contributed by atoms with Crippen molar-refractivity contribution in [3.05, 3.63) is 23.7 Å². The Labute approximate surface area is 89.3 Å². The van der Waals surface area contributed by atoms with Crippen molar-refractivity contribution in [3.8, 4) is 0 Å². The van der Waals surface area contributed by atoms with Gasteiger partial charge in [-0.25, -0.2) is 4.79 Å². The number of rotatable bonds is 4. The maximum absolute atomic E-state index is 10.7. The molecule has 0 fully saturated rings. The summed E-state index contributed by atoms with van der Waals surface area (Å²) in [6, 6.07) is 1.68. The number of hydrogen-bond donors (Lipinski definition) is 2. The van der Waals surface area contributed by atoms with Crippen molar-refractivity contribution in [3.63, 3.8) is 0 Å². The largest absolute Gasteiger partial charge is 0.475 e. The van der Waals surface area contributed by atoms with Crippen molar-refractivity contribution in [2.24, 2.45) is 5.41 Å². The smallest absolute Gasteiger partial charge is 0.372 e. The Bertz CT molecular complexity index is 336. The summed E-state index contributed by atoms with van der Waals surface area (Å²) in [6.45, 7) is 7.71. The maximum Gasteiger partial charge on any atom is 0.372 e. The number of hydrogen-bond acceptors (Lipinski definition) is 3. The first kappa shape index (κ1) is 11.8. The van der Waals surface area contributed by atoms with Crippen LogP contribution in [0.5, 0.6) is 0 Å². The van der Waals surface area contributed by atoms with Gasteiger partial charge in [0.15, 0.2) is 0 Å². The van der Waals surface area contributed by atoms with Crippen LogP contribution in [-0.2, 0) is 6.54 Å². The van der Waals surface area contributed by atoms with Gasteiger partial charge in [-0.05, 0) is 11.5 Å². The number of nitrogens with one attached hydrogen (secondary N) is 1. The lowest BCUT2D eigenvalue weighted by Gasteiger charge is -2.18. The molecule has 4 heteroatoms. The molecule has 84 valence electrons.